The van der Waals surface area contributed by atoms with Crippen LogP contribution in [0.1, 0.15) is 12.5 Å². The van der Waals surface area contributed by atoms with Crippen LogP contribution in [0.3, 0.4) is 0 Å². The molecule has 0 aromatic carbocycles. The van der Waals surface area contributed by atoms with E-state index in [0.717, 1.165) is 25.4 Å². The first-order valence-electron chi connectivity index (χ1n) is 5.83. The monoisotopic (exact) mass is 294 g/mol. The van der Waals surface area contributed by atoms with E-state index >= 15 is 0 Å². The Balaban J connectivity index is 2.40. The van der Waals surface area contributed by atoms with Gasteiger partial charge in [0.15, 0.2) is 0 Å². The van der Waals surface area contributed by atoms with Crippen LogP contribution >= 0.6 is 11.8 Å². The zero-order chi connectivity index (χ0) is 14.3. The highest BCUT2D eigenvalue weighted by atomic mass is 32.2. The van der Waals surface area contributed by atoms with Crippen LogP contribution in [0.15, 0.2) is 23.4 Å². The lowest BCUT2D eigenvalue weighted by atomic mass is 10.3. The number of methoxy groups -OCH3 is 1. The molecular weight excluding hydrogens is 277 g/mol. The maximum atomic E-state index is 12.4. The van der Waals surface area contributed by atoms with Crippen molar-refractivity contribution in [2.45, 2.75) is 23.4 Å². The number of ether oxygens (including phenoxy) is 1. The zero-order valence-corrected chi connectivity index (χ0v) is 11.6. The van der Waals surface area contributed by atoms with Crippen LogP contribution < -0.4 is 5.32 Å². The number of rotatable bonds is 7. The molecule has 7 heteroatoms. The lowest BCUT2D eigenvalue weighted by Crippen LogP contribution is -2.26. The van der Waals surface area contributed by atoms with Gasteiger partial charge in [0.05, 0.1) is 17.2 Å². The van der Waals surface area contributed by atoms with E-state index in [1.54, 1.807) is 7.11 Å². The van der Waals surface area contributed by atoms with Gasteiger partial charge in [0.1, 0.15) is 0 Å². The first-order chi connectivity index (χ1) is 8.93. The van der Waals surface area contributed by atoms with Gasteiger partial charge in [0.2, 0.25) is 0 Å². The van der Waals surface area contributed by atoms with Crippen molar-refractivity contribution in [3.63, 3.8) is 0 Å². The molecule has 19 heavy (non-hydrogen) atoms. The maximum absolute atomic E-state index is 12.4. The van der Waals surface area contributed by atoms with Gasteiger partial charge in [0, 0.05) is 31.6 Å². The molecule has 1 heterocycles. The minimum absolute atomic E-state index is 0.223. The molecule has 1 unspecified atom stereocenters. The van der Waals surface area contributed by atoms with E-state index in [9.17, 15) is 13.2 Å². The Labute approximate surface area is 114 Å². The van der Waals surface area contributed by atoms with Crippen molar-refractivity contribution in [1.29, 1.82) is 0 Å². The summed E-state index contributed by atoms with van der Waals surface area (Å²) < 4.78 is 42.0. The molecule has 0 radical (unpaired) electrons. The molecule has 0 saturated heterocycles. The van der Waals surface area contributed by atoms with Crippen LogP contribution in [0, 0.1) is 0 Å². The largest absolute Gasteiger partial charge is 0.417 e. The fourth-order valence-corrected chi connectivity index (χ4v) is 2.22. The van der Waals surface area contributed by atoms with Crippen molar-refractivity contribution >= 4 is 11.8 Å². The van der Waals surface area contributed by atoms with Crippen LogP contribution in [0.2, 0.25) is 0 Å². The highest BCUT2D eigenvalue weighted by Gasteiger charge is 2.30. The fourth-order valence-electron chi connectivity index (χ4n) is 1.35. The summed E-state index contributed by atoms with van der Waals surface area (Å²) in [5, 5.41) is 4.00. The molecule has 3 nitrogen and oxygen atoms in total. The molecule has 1 N–H and O–H groups in total. The molecule has 1 atom stereocenters. The van der Waals surface area contributed by atoms with Gasteiger partial charge in [-0.25, -0.2) is 4.98 Å². The summed E-state index contributed by atoms with van der Waals surface area (Å²) in [5.74, 6) is 0. The molecule has 0 aliphatic rings. The second kappa shape index (κ2) is 7.72. The zero-order valence-electron chi connectivity index (χ0n) is 10.8. The summed E-state index contributed by atoms with van der Waals surface area (Å²) in [6.45, 7) is 4.12. The summed E-state index contributed by atoms with van der Waals surface area (Å²) in [7, 11) is 1.63. The number of alkyl halides is 3. The Morgan fingerprint density at radius 3 is 2.68 bits per heavy atom. The van der Waals surface area contributed by atoms with E-state index in [1.165, 1.54) is 17.8 Å². The number of aromatic nitrogens is 1. The van der Waals surface area contributed by atoms with Crippen LogP contribution in [0.5, 0.6) is 0 Å². The van der Waals surface area contributed by atoms with Crippen molar-refractivity contribution < 1.29 is 17.9 Å². The van der Waals surface area contributed by atoms with Crippen molar-refractivity contribution in [3.8, 4) is 0 Å². The lowest BCUT2D eigenvalue weighted by molar-refractivity contribution is -0.137. The third kappa shape index (κ3) is 6.26. The third-order valence-corrected chi connectivity index (χ3v) is 3.35. The van der Waals surface area contributed by atoms with Gasteiger partial charge in [-0.3, -0.25) is 0 Å². The number of hydrogen-bond donors (Lipinski definition) is 1. The molecule has 0 amide bonds. The van der Waals surface area contributed by atoms with E-state index in [4.69, 9.17) is 4.74 Å². The lowest BCUT2D eigenvalue weighted by Gasteiger charge is -2.12. The summed E-state index contributed by atoms with van der Waals surface area (Å²) in [5.41, 5.74) is -0.720. The minimum Gasteiger partial charge on any atom is -0.383 e. The molecule has 0 spiro atoms. The highest BCUT2D eigenvalue weighted by molar-refractivity contribution is 7.99. The number of pyridine rings is 1. The van der Waals surface area contributed by atoms with Crippen molar-refractivity contribution in [3.05, 3.63) is 23.9 Å². The second-order valence-electron chi connectivity index (χ2n) is 4.01. The van der Waals surface area contributed by atoms with Gasteiger partial charge in [-0.15, -0.1) is 11.8 Å². The minimum atomic E-state index is -4.33. The SMILES string of the molecule is COCCNCC(C)Sc1ccc(C(F)(F)F)cn1. The standard InChI is InChI=1S/C12H17F3N2OS/c1-9(7-16-5-6-18-2)19-11-4-3-10(8-17-11)12(13,14)15/h3-4,8-9,16H,5-7H2,1-2H3. The van der Waals surface area contributed by atoms with E-state index in [0.29, 0.717) is 11.6 Å². The smallest absolute Gasteiger partial charge is 0.383 e. The Hall–Kier alpha value is -0.790. The van der Waals surface area contributed by atoms with Gasteiger partial charge in [-0.05, 0) is 12.1 Å². The number of halogens is 3. The van der Waals surface area contributed by atoms with Crippen LogP contribution in [0.4, 0.5) is 13.2 Å². The second-order valence-corrected chi connectivity index (χ2v) is 5.47. The van der Waals surface area contributed by atoms with Gasteiger partial charge in [-0.2, -0.15) is 13.2 Å². The van der Waals surface area contributed by atoms with Gasteiger partial charge >= 0.3 is 6.18 Å². The molecule has 1 aromatic rings. The Morgan fingerprint density at radius 2 is 2.16 bits per heavy atom. The Morgan fingerprint density at radius 1 is 1.42 bits per heavy atom. The molecule has 1 aromatic heterocycles. The maximum Gasteiger partial charge on any atom is 0.417 e. The molecule has 0 fully saturated rings. The fraction of sp³-hybridized carbons (Fsp3) is 0.583. The molecule has 0 aliphatic carbocycles. The van der Waals surface area contributed by atoms with Crippen molar-refractivity contribution in [2.24, 2.45) is 0 Å². The van der Waals surface area contributed by atoms with Crippen molar-refractivity contribution in [2.75, 3.05) is 26.8 Å². The molecule has 0 aliphatic heterocycles. The van der Waals surface area contributed by atoms with Crippen molar-refractivity contribution in [1.82, 2.24) is 10.3 Å². The summed E-state index contributed by atoms with van der Waals surface area (Å²) in [6, 6.07) is 2.46. The Bertz CT molecular complexity index is 370. The highest BCUT2D eigenvalue weighted by Crippen LogP contribution is 2.30. The quantitative estimate of drug-likeness (QED) is 0.619. The number of thioether (sulfide) groups is 1. The summed E-state index contributed by atoms with van der Waals surface area (Å²) >= 11 is 1.44. The van der Waals surface area contributed by atoms with Gasteiger partial charge < -0.3 is 10.1 Å². The molecular formula is C12H17F3N2OS. The predicted octanol–water partition coefficient (Wildman–Crippen LogP) is 2.82. The predicted molar refractivity (Wildman–Crippen MR) is 69.3 cm³/mol. The average Bonchev–Trinajstić information content (AvgIpc) is 2.34. The van der Waals surface area contributed by atoms with Crippen LogP contribution in [-0.4, -0.2) is 37.0 Å². The van der Waals surface area contributed by atoms with E-state index < -0.39 is 11.7 Å². The van der Waals surface area contributed by atoms with Crippen LogP contribution in [-0.2, 0) is 10.9 Å². The molecule has 0 saturated carbocycles. The summed E-state index contributed by atoms with van der Waals surface area (Å²) in [6.07, 6.45) is -3.46. The topological polar surface area (TPSA) is 34.1 Å². The van der Waals surface area contributed by atoms with Gasteiger partial charge in [-0.1, -0.05) is 6.92 Å². The van der Waals surface area contributed by atoms with Gasteiger partial charge in [0.25, 0.3) is 0 Å². The van der Waals surface area contributed by atoms with E-state index in [2.05, 4.69) is 10.3 Å². The van der Waals surface area contributed by atoms with E-state index in [-0.39, 0.29) is 5.25 Å². The number of nitrogens with one attached hydrogen (secondary N) is 1. The van der Waals surface area contributed by atoms with E-state index in [1.807, 2.05) is 6.92 Å². The summed E-state index contributed by atoms with van der Waals surface area (Å²) in [4.78, 5) is 3.82. The number of nitrogens with zero attached hydrogens (tertiary/aromatic N) is 1. The first kappa shape index (κ1) is 16.3. The molecule has 1 rings (SSSR count). The third-order valence-electron chi connectivity index (χ3n) is 2.30. The first-order valence-corrected chi connectivity index (χ1v) is 6.71. The molecule has 108 valence electrons. The normalized spacial score (nSPS) is 13.5. The number of hydrogen-bond acceptors (Lipinski definition) is 4. The average molecular weight is 294 g/mol. The van der Waals surface area contributed by atoms with Crippen LogP contribution in [0.25, 0.3) is 0 Å². The molecule has 0 bridgehead atoms. The Kier molecular flexibility index (Phi) is 6.60.